The number of carbonyl (C=O) groups is 1. The van der Waals surface area contributed by atoms with Gasteiger partial charge < -0.3 is 4.90 Å². The summed E-state index contributed by atoms with van der Waals surface area (Å²) in [6.07, 6.45) is 0. The van der Waals surface area contributed by atoms with E-state index < -0.39 is 0 Å². The zero-order valence-corrected chi connectivity index (χ0v) is 8.10. The Morgan fingerprint density at radius 3 is 3.08 bits per heavy atom. The number of nitrogens with zero attached hydrogens (tertiary/aromatic N) is 3. The molecule has 0 N–H and O–H groups in total. The lowest BCUT2D eigenvalue weighted by Crippen LogP contribution is -2.28. The molecule has 12 heavy (non-hydrogen) atoms. The zero-order chi connectivity index (χ0) is 8.97. The Morgan fingerprint density at radius 2 is 2.58 bits per heavy atom. The second-order valence-corrected chi connectivity index (χ2v) is 3.19. The molecule has 0 spiro atoms. The first-order chi connectivity index (χ1) is 5.75. The molecule has 0 atom stereocenters. The van der Waals surface area contributed by atoms with E-state index in [0.717, 1.165) is 11.5 Å². The van der Waals surface area contributed by atoms with Gasteiger partial charge in [0.25, 0.3) is 5.91 Å². The number of hydrogen-bond acceptors (Lipinski definition) is 4. The summed E-state index contributed by atoms with van der Waals surface area (Å²) in [5.41, 5.74) is 0.382. The van der Waals surface area contributed by atoms with Crippen LogP contribution in [-0.2, 0) is 0 Å². The van der Waals surface area contributed by atoms with E-state index in [9.17, 15) is 4.79 Å². The van der Waals surface area contributed by atoms with Gasteiger partial charge in [-0.3, -0.25) is 4.79 Å². The molecule has 0 aromatic carbocycles. The van der Waals surface area contributed by atoms with E-state index >= 15 is 0 Å². The van der Waals surface area contributed by atoms with Crippen LogP contribution in [0.1, 0.15) is 10.5 Å². The standard InChI is InChI=1S/C6H8ClN3OS/c1-10(3-2-7)6(11)5-4-12-9-8-5/h4H,2-3H2,1H3. The molecule has 1 heterocycles. The van der Waals surface area contributed by atoms with Crippen molar-refractivity contribution in [3.8, 4) is 0 Å². The lowest BCUT2D eigenvalue weighted by atomic mass is 10.4. The maximum absolute atomic E-state index is 11.4. The van der Waals surface area contributed by atoms with Crippen LogP contribution in [0.5, 0.6) is 0 Å². The van der Waals surface area contributed by atoms with E-state index in [1.807, 2.05) is 0 Å². The SMILES string of the molecule is CN(CCCl)C(=O)c1csnn1. The highest BCUT2D eigenvalue weighted by atomic mass is 35.5. The van der Waals surface area contributed by atoms with Crippen LogP contribution in [-0.4, -0.2) is 39.9 Å². The Hall–Kier alpha value is -0.680. The first-order valence-corrected chi connectivity index (χ1v) is 4.71. The molecule has 66 valence electrons. The third kappa shape index (κ3) is 2.15. The van der Waals surface area contributed by atoms with Crippen LogP contribution in [0.15, 0.2) is 5.38 Å². The van der Waals surface area contributed by atoms with Crippen molar-refractivity contribution in [2.24, 2.45) is 0 Å². The Kier molecular flexibility index (Phi) is 3.43. The summed E-state index contributed by atoms with van der Waals surface area (Å²) in [4.78, 5) is 12.9. The summed E-state index contributed by atoms with van der Waals surface area (Å²) < 4.78 is 3.60. The van der Waals surface area contributed by atoms with Crippen LogP contribution in [0.25, 0.3) is 0 Å². The molecular formula is C6H8ClN3OS. The predicted molar refractivity (Wildman–Crippen MR) is 47.6 cm³/mol. The number of rotatable bonds is 3. The quantitative estimate of drug-likeness (QED) is 0.688. The summed E-state index contributed by atoms with van der Waals surface area (Å²) in [7, 11) is 1.68. The fourth-order valence-corrected chi connectivity index (χ4v) is 1.37. The number of amides is 1. The summed E-state index contributed by atoms with van der Waals surface area (Å²) in [5.74, 6) is 0.296. The van der Waals surface area contributed by atoms with E-state index in [0.29, 0.717) is 18.1 Å². The van der Waals surface area contributed by atoms with Crippen molar-refractivity contribution in [2.75, 3.05) is 19.5 Å². The van der Waals surface area contributed by atoms with Crippen LogP contribution < -0.4 is 0 Å². The Morgan fingerprint density at radius 1 is 1.83 bits per heavy atom. The number of hydrogen-bond donors (Lipinski definition) is 0. The van der Waals surface area contributed by atoms with E-state index in [1.165, 1.54) is 4.90 Å². The summed E-state index contributed by atoms with van der Waals surface area (Å²) in [5, 5.41) is 5.27. The van der Waals surface area contributed by atoms with Gasteiger partial charge in [-0.15, -0.1) is 16.7 Å². The third-order valence-corrected chi connectivity index (χ3v) is 2.02. The van der Waals surface area contributed by atoms with Gasteiger partial charge in [-0.2, -0.15) is 0 Å². The van der Waals surface area contributed by atoms with E-state index in [4.69, 9.17) is 11.6 Å². The molecule has 0 aliphatic heterocycles. The molecule has 0 fully saturated rings. The van der Waals surface area contributed by atoms with Gasteiger partial charge in [0.15, 0.2) is 5.69 Å². The van der Waals surface area contributed by atoms with E-state index in [2.05, 4.69) is 9.59 Å². The van der Waals surface area contributed by atoms with Gasteiger partial charge in [0.1, 0.15) is 0 Å². The van der Waals surface area contributed by atoms with Gasteiger partial charge in [-0.25, -0.2) is 0 Å². The minimum atomic E-state index is -0.135. The predicted octanol–water partition coefficient (Wildman–Crippen LogP) is 0.849. The van der Waals surface area contributed by atoms with Gasteiger partial charge in [0, 0.05) is 24.9 Å². The van der Waals surface area contributed by atoms with Crippen molar-refractivity contribution in [3.63, 3.8) is 0 Å². The lowest BCUT2D eigenvalue weighted by Gasteiger charge is -2.12. The first-order valence-electron chi connectivity index (χ1n) is 3.34. The van der Waals surface area contributed by atoms with Crippen LogP contribution in [0, 0.1) is 0 Å². The summed E-state index contributed by atoms with van der Waals surface area (Å²) in [6, 6.07) is 0. The average Bonchev–Trinajstić information content (AvgIpc) is 2.55. The van der Waals surface area contributed by atoms with E-state index in [1.54, 1.807) is 12.4 Å². The second-order valence-electron chi connectivity index (χ2n) is 2.21. The molecule has 1 aromatic heterocycles. The molecule has 1 amide bonds. The number of carbonyl (C=O) groups excluding carboxylic acids is 1. The minimum absolute atomic E-state index is 0.135. The van der Waals surface area contributed by atoms with Gasteiger partial charge in [-0.1, -0.05) is 4.49 Å². The molecule has 1 rings (SSSR count). The maximum Gasteiger partial charge on any atom is 0.275 e. The molecule has 0 aliphatic carbocycles. The molecule has 1 aromatic rings. The Balaban J connectivity index is 2.59. The highest BCUT2D eigenvalue weighted by molar-refractivity contribution is 7.03. The minimum Gasteiger partial charge on any atom is -0.339 e. The Bertz CT molecular complexity index is 251. The highest BCUT2D eigenvalue weighted by Crippen LogP contribution is 2.01. The maximum atomic E-state index is 11.4. The smallest absolute Gasteiger partial charge is 0.275 e. The number of aromatic nitrogens is 2. The van der Waals surface area contributed by atoms with Crippen LogP contribution in [0.2, 0.25) is 0 Å². The van der Waals surface area contributed by atoms with Gasteiger partial charge in [0.2, 0.25) is 0 Å². The molecule has 0 saturated heterocycles. The first kappa shape index (κ1) is 9.41. The largest absolute Gasteiger partial charge is 0.339 e. The normalized spacial score (nSPS) is 9.83. The van der Waals surface area contributed by atoms with Gasteiger partial charge in [0.05, 0.1) is 0 Å². The van der Waals surface area contributed by atoms with Crippen molar-refractivity contribution < 1.29 is 4.79 Å². The van der Waals surface area contributed by atoms with Crippen LogP contribution in [0.3, 0.4) is 0 Å². The fraction of sp³-hybridized carbons (Fsp3) is 0.500. The number of halogens is 1. The highest BCUT2D eigenvalue weighted by Gasteiger charge is 2.12. The van der Waals surface area contributed by atoms with Crippen molar-refractivity contribution >= 4 is 29.0 Å². The van der Waals surface area contributed by atoms with Crippen LogP contribution >= 0.6 is 23.1 Å². The lowest BCUT2D eigenvalue weighted by molar-refractivity contribution is 0.0797. The van der Waals surface area contributed by atoms with Crippen molar-refractivity contribution in [1.29, 1.82) is 0 Å². The molecule has 0 bridgehead atoms. The second kappa shape index (κ2) is 4.37. The molecule has 6 heteroatoms. The topological polar surface area (TPSA) is 46.1 Å². The molecule has 0 saturated carbocycles. The molecule has 0 unspecified atom stereocenters. The van der Waals surface area contributed by atoms with E-state index in [-0.39, 0.29) is 5.91 Å². The summed E-state index contributed by atoms with van der Waals surface area (Å²) in [6.45, 7) is 0.526. The average molecular weight is 206 g/mol. The molecule has 0 aliphatic rings. The van der Waals surface area contributed by atoms with Crippen molar-refractivity contribution in [2.45, 2.75) is 0 Å². The van der Waals surface area contributed by atoms with Crippen molar-refractivity contribution in [3.05, 3.63) is 11.1 Å². The molecule has 0 radical (unpaired) electrons. The van der Waals surface area contributed by atoms with Crippen molar-refractivity contribution in [1.82, 2.24) is 14.5 Å². The Labute approximate surface area is 79.3 Å². The fourth-order valence-electron chi connectivity index (χ4n) is 0.682. The molecular weight excluding hydrogens is 198 g/mol. The summed E-state index contributed by atoms with van der Waals surface area (Å²) >= 11 is 6.64. The van der Waals surface area contributed by atoms with Gasteiger partial charge >= 0.3 is 0 Å². The van der Waals surface area contributed by atoms with Gasteiger partial charge in [-0.05, 0) is 11.5 Å². The zero-order valence-electron chi connectivity index (χ0n) is 6.53. The monoisotopic (exact) mass is 205 g/mol. The number of alkyl halides is 1. The third-order valence-electron chi connectivity index (χ3n) is 1.35. The van der Waals surface area contributed by atoms with Crippen LogP contribution in [0.4, 0.5) is 0 Å². The molecule has 4 nitrogen and oxygen atoms in total.